The van der Waals surface area contributed by atoms with Crippen molar-refractivity contribution >= 4 is 5.91 Å². The summed E-state index contributed by atoms with van der Waals surface area (Å²) >= 11 is 0. The van der Waals surface area contributed by atoms with Crippen molar-refractivity contribution in [3.05, 3.63) is 30.3 Å². The topological polar surface area (TPSA) is 55.1 Å². The molecule has 0 aromatic carbocycles. The molecule has 11 heavy (non-hydrogen) atoms. The monoisotopic (exact) mass is 152 g/mol. The number of carbonyl (C=O) groups excluding carboxylic acids is 1. The fourth-order valence-corrected chi connectivity index (χ4v) is 0.640. The molecular formula is C7H8N2O2. The molecule has 1 N–H and O–H groups in total. The number of nitrogens with zero attached hydrogens (tertiary/aromatic N) is 1. The molecule has 0 aliphatic carbocycles. The summed E-state index contributed by atoms with van der Waals surface area (Å²) in [4.78, 5) is 11.0. The molecule has 0 fully saturated rings. The van der Waals surface area contributed by atoms with Gasteiger partial charge in [-0.05, 0) is 13.1 Å². The third kappa shape index (κ3) is 1.67. The van der Waals surface area contributed by atoms with E-state index in [-0.39, 0.29) is 11.6 Å². The lowest BCUT2D eigenvalue weighted by atomic mass is 10.4. The number of nitrogens with one attached hydrogen (secondary N) is 1. The summed E-state index contributed by atoms with van der Waals surface area (Å²) < 4.78 is 4.69. The largest absolute Gasteiger partial charge is 0.361 e. The molecule has 0 saturated carbocycles. The molecule has 1 heterocycles. The minimum absolute atomic E-state index is 0.266. The van der Waals surface area contributed by atoms with Crippen LogP contribution >= 0.6 is 0 Å². The van der Waals surface area contributed by atoms with Crippen LogP contribution in [0, 0.1) is 6.92 Å². The Labute approximate surface area is 63.9 Å². The van der Waals surface area contributed by atoms with Crippen LogP contribution in [0.3, 0.4) is 0 Å². The molecule has 4 nitrogen and oxygen atoms in total. The van der Waals surface area contributed by atoms with E-state index in [1.54, 1.807) is 13.0 Å². The van der Waals surface area contributed by atoms with Crippen LogP contribution in [0.1, 0.15) is 16.2 Å². The highest BCUT2D eigenvalue weighted by Gasteiger charge is 2.07. The molecule has 0 aliphatic rings. The second-order valence-electron chi connectivity index (χ2n) is 2.00. The van der Waals surface area contributed by atoms with Crippen LogP contribution in [0.25, 0.3) is 0 Å². The number of rotatable bonds is 2. The maximum Gasteiger partial charge on any atom is 0.277 e. The summed E-state index contributed by atoms with van der Waals surface area (Å²) in [6.07, 6.45) is 1.30. The van der Waals surface area contributed by atoms with Crippen molar-refractivity contribution in [1.29, 1.82) is 0 Å². The molecule has 1 aromatic rings. The lowest BCUT2D eigenvalue weighted by molar-refractivity contribution is 0.0961. The van der Waals surface area contributed by atoms with Gasteiger partial charge < -0.3 is 9.84 Å². The lowest BCUT2D eigenvalue weighted by Crippen LogP contribution is -2.16. The second-order valence-corrected chi connectivity index (χ2v) is 2.00. The van der Waals surface area contributed by atoms with Gasteiger partial charge in [-0.2, -0.15) is 0 Å². The van der Waals surface area contributed by atoms with Crippen molar-refractivity contribution in [2.24, 2.45) is 0 Å². The van der Waals surface area contributed by atoms with Gasteiger partial charge in [-0.15, -0.1) is 0 Å². The smallest absolute Gasteiger partial charge is 0.277 e. The number of amides is 1. The summed E-state index contributed by atoms with van der Waals surface area (Å²) in [6.45, 7) is 5.06. The fourth-order valence-electron chi connectivity index (χ4n) is 0.640. The molecule has 1 aromatic heterocycles. The first-order valence-corrected chi connectivity index (χ1v) is 3.09. The summed E-state index contributed by atoms with van der Waals surface area (Å²) in [7, 11) is 0. The predicted molar refractivity (Wildman–Crippen MR) is 38.9 cm³/mol. The molecule has 0 spiro atoms. The minimum atomic E-state index is -0.308. The third-order valence-electron chi connectivity index (χ3n) is 1.09. The number of carbonyl (C=O) groups is 1. The Morgan fingerprint density at radius 3 is 3.09 bits per heavy atom. The number of aryl methyl sites for hydroxylation is 1. The molecule has 0 radical (unpaired) electrons. The van der Waals surface area contributed by atoms with Gasteiger partial charge in [-0.1, -0.05) is 11.7 Å². The number of aromatic nitrogens is 1. The maximum absolute atomic E-state index is 11.0. The lowest BCUT2D eigenvalue weighted by Gasteiger charge is -1.90. The van der Waals surface area contributed by atoms with Gasteiger partial charge in [0.2, 0.25) is 0 Å². The van der Waals surface area contributed by atoms with Crippen LogP contribution in [-0.4, -0.2) is 11.1 Å². The molecule has 0 unspecified atom stereocenters. The molecule has 58 valence electrons. The van der Waals surface area contributed by atoms with Crippen molar-refractivity contribution in [3.63, 3.8) is 0 Å². The van der Waals surface area contributed by atoms with Gasteiger partial charge in [0.25, 0.3) is 5.91 Å². The van der Waals surface area contributed by atoms with Crippen molar-refractivity contribution in [3.8, 4) is 0 Å². The SMILES string of the molecule is C=CNC(=O)c1cc(C)on1. The van der Waals surface area contributed by atoms with Crippen LogP contribution in [-0.2, 0) is 0 Å². The zero-order valence-corrected chi connectivity index (χ0v) is 6.13. The highest BCUT2D eigenvalue weighted by Crippen LogP contribution is 2.00. The zero-order valence-electron chi connectivity index (χ0n) is 6.13. The van der Waals surface area contributed by atoms with Crippen LogP contribution in [0.5, 0.6) is 0 Å². The van der Waals surface area contributed by atoms with Gasteiger partial charge in [0, 0.05) is 6.07 Å². The maximum atomic E-state index is 11.0. The van der Waals surface area contributed by atoms with E-state index in [0.717, 1.165) is 0 Å². The zero-order chi connectivity index (χ0) is 8.27. The van der Waals surface area contributed by atoms with Crippen LogP contribution in [0.2, 0.25) is 0 Å². The first-order valence-electron chi connectivity index (χ1n) is 3.09. The van der Waals surface area contributed by atoms with E-state index < -0.39 is 0 Å². The Hall–Kier alpha value is -1.58. The predicted octanol–water partition coefficient (Wildman–Crippen LogP) is 0.856. The minimum Gasteiger partial charge on any atom is -0.361 e. The normalized spacial score (nSPS) is 9.18. The molecule has 0 atom stereocenters. The summed E-state index contributed by atoms with van der Waals surface area (Å²) in [5.41, 5.74) is 0.266. The standard InChI is InChI=1S/C7H8N2O2/c1-3-8-7(10)6-4-5(2)11-9-6/h3-4H,1H2,2H3,(H,8,10). The fraction of sp³-hybridized carbons (Fsp3) is 0.143. The first kappa shape index (κ1) is 7.53. The van der Waals surface area contributed by atoms with E-state index in [4.69, 9.17) is 0 Å². The number of hydrogen-bond acceptors (Lipinski definition) is 3. The second kappa shape index (κ2) is 3.01. The summed E-state index contributed by atoms with van der Waals surface area (Å²) in [5.74, 6) is 0.302. The first-order chi connectivity index (χ1) is 5.24. The molecule has 4 heteroatoms. The Morgan fingerprint density at radius 1 is 1.91 bits per heavy atom. The summed E-state index contributed by atoms with van der Waals surface area (Å²) in [5, 5.41) is 5.88. The van der Waals surface area contributed by atoms with E-state index in [9.17, 15) is 4.79 Å². The number of hydrogen-bond donors (Lipinski definition) is 1. The summed E-state index contributed by atoms with van der Waals surface area (Å²) in [6, 6.07) is 1.55. The van der Waals surface area contributed by atoms with Gasteiger partial charge in [0.15, 0.2) is 5.69 Å². The quantitative estimate of drug-likeness (QED) is 0.683. The molecule has 0 saturated heterocycles. The Bertz CT molecular complexity index is 278. The van der Waals surface area contributed by atoms with Crippen LogP contribution < -0.4 is 5.32 Å². The van der Waals surface area contributed by atoms with E-state index in [0.29, 0.717) is 5.76 Å². The van der Waals surface area contributed by atoms with Gasteiger partial charge in [-0.3, -0.25) is 4.79 Å². The van der Waals surface area contributed by atoms with Crippen molar-refractivity contribution in [1.82, 2.24) is 10.5 Å². The van der Waals surface area contributed by atoms with E-state index in [1.165, 1.54) is 6.20 Å². The van der Waals surface area contributed by atoms with E-state index in [2.05, 4.69) is 21.6 Å². The van der Waals surface area contributed by atoms with Gasteiger partial charge in [-0.25, -0.2) is 0 Å². The highest BCUT2D eigenvalue weighted by molar-refractivity contribution is 5.92. The Morgan fingerprint density at radius 2 is 2.64 bits per heavy atom. The Balaban J connectivity index is 2.76. The van der Waals surface area contributed by atoms with E-state index in [1.807, 2.05) is 0 Å². The average molecular weight is 152 g/mol. The molecule has 0 bridgehead atoms. The highest BCUT2D eigenvalue weighted by atomic mass is 16.5. The van der Waals surface area contributed by atoms with Gasteiger partial charge >= 0.3 is 0 Å². The van der Waals surface area contributed by atoms with Crippen molar-refractivity contribution < 1.29 is 9.32 Å². The van der Waals surface area contributed by atoms with E-state index >= 15 is 0 Å². The third-order valence-corrected chi connectivity index (χ3v) is 1.09. The Kier molecular flexibility index (Phi) is 2.06. The molecule has 1 rings (SSSR count). The van der Waals surface area contributed by atoms with Crippen molar-refractivity contribution in [2.45, 2.75) is 6.92 Å². The van der Waals surface area contributed by atoms with Crippen LogP contribution in [0.4, 0.5) is 0 Å². The van der Waals surface area contributed by atoms with Crippen LogP contribution in [0.15, 0.2) is 23.4 Å². The van der Waals surface area contributed by atoms with Gasteiger partial charge in [0.05, 0.1) is 0 Å². The van der Waals surface area contributed by atoms with Crippen molar-refractivity contribution in [2.75, 3.05) is 0 Å². The molecular weight excluding hydrogens is 144 g/mol. The average Bonchev–Trinajstić information content (AvgIpc) is 2.36. The molecule has 1 amide bonds. The van der Waals surface area contributed by atoms with Gasteiger partial charge in [0.1, 0.15) is 5.76 Å². The molecule has 0 aliphatic heterocycles.